The number of hydrogen-bond acceptors (Lipinski definition) is 5. The Morgan fingerprint density at radius 3 is 2.45 bits per heavy atom. The lowest BCUT2D eigenvalue weighted by atomic mass is 9.75. The molecule has 3 heterocycles. The molecule has 0 atom stereocenters. The van der Waals surface area contributed by atoms with E-state index in [1.807, 2.05) is 36.8 Å². The topological polar surface area (TPSA) is 55.5 Å². The number of aryl methyl sites for hydroxylation is 2. The van der Waals surface area contributed by atoms with Gasteiger partial charge in [-0.05, 0) is 56.1 Å². The number of nitrogens with zero attached hydrogens (tertiary/aromatic N) is 5. The van der Waals surface area contributed by atoms with Crippen molar-refractivity contribution in [1.82, 2.24) is 19.0 Å². The number of hydrogen-bond donors (Lipinski definition) is 0. The van der Waals surface area contributed by atoms with E-state index < -0.39 is 0 Å². The summed E-state index contributed by atoms with van der Waals surface area (Å²) in [4.78, 5) is 22.5. The molecule has 2 aliphatic rings. The fourth-order valence-corrected chi connectivity index (χ4v) is 5.00. The molecule has 0 radical (unpaired) electrons. The van der Waals surface area contributed by atoms with Crippen LogP contribution in [0.2, 0.25) is 0 Å². The number of benzene rings is 1. The standard InChI is InChI=1S/C26H33N5O2/c1-28-15-17-29(18-16-28)24-5-3-13-27-23(24)10-14-30-19-20-31(25(30)32)22-8-6-21(7-9-22)26(33-2)11-4-12-26/h3,5-9,13,19-20H,4,10-12,14-18H2,1-2H3. The molecule has 174 valence electrons. The van der Waals surface area contributed by atoms with Crippen LogP contribution in [0.25, 0.3) is 5.69 Å². The van der Waals surface area contributed by atoms with Crippen molar-refractivity contribution in [2.24, 2.45) is 0 Å². The summed E-state index contributed by atoms with van der Waals surface area (Å²) in [5.41, 5.74) is 4.15. The first-order chi connectivity index (χ1) is 16.1. The third-order valence-electron chi connectivity index (χ3n) is 7.37. The van der Waals surface area contributed by atoms with Gasteiger partial charge in [-0.1, -0.05) is 12.1 Å². The maximum absolute atomic E-state index is 13.1. The fourth-order valence-electron chi connectivity index (χ4n) is 5.00. The summed E-state index contributed by atoms with van der Waals surface area (Å²) in [6.45, 7) is 4.73. The Labute approximate surface area is 195 Å². The third-order valence-corrected chi connectivity index (χ3v) is 7.37. The van der Waals surface area contributed by atoms with Crippen molar-refractivity contribution in [3.8, 4) is 5.69 Å². The number of ether oxygens (including phenoxy) is 1. The Hall–Kier alpha value is -2.90. The molecule has 0 amide bonds. The van der Waals surface area contributed by atoms with Gasteiger partial charge in [0, 0.05) is 64.8 Å². The smallest absolute Gasteiger partial charge is 0.332 e. The first-order valence-electron chi connectivity index (χ1n) is 11.9. The zero-order valence-electron chi connectivity index (χ0n) is 19.6. The number of aromatic nitrogens is 3. The van der Waals surface area contributed by atoms with Gasteiger partial charge in [0.15, 0.2) is 0 Å². The molecule has 0 bridgehead atoms. The van der Waals surface area contributed by atoms with Crippen LogP contribution in [0.5, 0.6) is 0 Å². The Bertz CT molecular complexity index is 1130. The van der Waals surface area contributed by atoms with Gasteiger partial charge in [0.1, 0.15) is 0 Å². The SMILES string of the molecule is COC1(c2ccc(-n3ccn(CCc4ncccc4N4CCN(C)CC4)c3=O)cc2)CCC1. The third kappa shape index (κ3) is 4.23. The Kier molecular flexibility index (Phi) is 6.08. The maximum atomic E-state index is 13.1. The van der Waals surface area contributed by atoms with Gasteiger partial charge >= 0.3 is 5.69 Å². The molecule has 5 rings (SSSR count). The molecule has 1 saturated heterocycles. The molecule has 1 saturated carbocycles. The van der Waals surface area contributed by atoms with Gasteiger partial charge in [0.25, 0.3) is 0 Å². The van der Waals surface area contributed by atoms with Gasteiger partial charge in [-0.2, -0.15) is 0 Å². The first-order valence-corrected chi connectivity index (χ1v) is 11.9. The number of pyridine rings is 1. The van der Waals surface area contributed by atoms with Gasteiger partial charge < -0.3 is 14.5 Å². The predicted molar refractivity (Wildman–Crippen MR) is 130 cm³/mol. The minimum atomic E-state index is -0.139. The quantitative estimate of drug-likeness (QED) is 0.557. The fraction of sp³-hybridized carbons (Fsp3) is 0.462. The number of piperazine rings is 1. The van der Waals surface area contributed by atoms with Crippen LogP contribution in [0.15, 0.2) is 59.8 Å². The van der Waals surface area contributed by atoms with Gasteiger partial charge in [-0.3, -0.25) is 14.1 Å². The van der Waals surface area contributed by atoms with Crippen LogP contribution < -0.4 is 10.6 Å². The highest BCUT2D eigenvalue weighted by atomic mass is 16.5. The summed E-state index contributed by atoms with van der Waals surface area (Å²) in [5.74, 6) is 0. The molecule has 33 heavy (non-hydrogen) atoms. The van der Waals surface area contributed by atoms with Gasteiger partial charge in [-0.15, -0.1) is 0 Å². The minimum absolute atomic E-state index is 0.0232. The van der Waals surface area contributed by atoms with Crippen molar-refractivity contribution in [3.05, 3.63) is 76.7 Å². The zero-order chi connectivity index (χ0) is 22.8. The molecular formula is C26H33N5O2. The van der Waals surface area contributed by atoms with E-state index in [0.29, 0.717) is 6.54 Å². The number of imidazole rings is 1. The second kappa shape index (κ2) is 9.15. The average molecular weight is 448 g/mol. The second-order valence-corrected chi connectivity index (χ2v) is 9.25. The predicted octanol–water partition coefficient (Wildman–Crippen LogP) is 3.05. The highest BCUT2D eigenvalue weighted by molar-refractivity contribution is 5.51. The van der Waals surface area contributed by atoms with Crippen LogP contribution in [-0.2, 0) is 23.3 Å². The molecule has 0 spiro atoms. The van der Waals surface area contributed by atoms with Crippen LogP contribution in [0.4, 0.5) is 5.69 Å². The maximum Gasteiger partial charge on any atom is 0.332 e. The lowest BCUT2D eigenvalue weighted by Gasteiger charge is -2.41. The summed E-state index contributed by atoms with van der Waals surface area (Å²) in [5, 5.41) is 0. The molecular weight excluding hydrogens is 414 g/mol. The average Bonchev–Trinajstić information content (AvgIpc) is 3.19. The van der Waals surface area contributed by atoms with Gasteiger partial charge in [0.2, 0.25) is 0 Å². The largest absolute Gasteiger partial charge is 0.374 e. The van der Waals surface area contributed by atoms with Crippen LogP contribution in [-0.4, -0.2) is 59.4 Å². The lowest BCUT2D eigenvalue weighted by Crippen LogP contribution is -2.44. The van der Waals surface area contributed by atoms with E-state index in [2.05, 4.69) is 40.0 Å². The lowest BCUT2D eigenvalue weighted by molar-refractivity contribution is -0.0778. The molecule has 7 nitrogen and oxygen atoms in total. The number of methoxy groups -OCH3 is 1. The Balaban J connectivity index is 1.30. The Morgan fingerprint density at radius 2 is 1.79 bits per heavy atom. The van der Waals surface area contributed by atoms with E-state index in [4.69, 9.17) is 4.74 Å². The van der Waals surface area contributed by atoms with Crippen LogP contribution in [0.1, 0.15) is 30.5 Å². The van der Waals surface area contributed by atoms with Gasteiger partial charge in [-0.25, -0.2) is 4.79 Å². The van der Waals surface area contributed by atoms with Crippen LogP contribution in [0, 0.1) is 0 Å². The van der Waals surface area contributed by atoms with E-state index in [-0.39, 0.29) is 11.3 Å². The summed E-state index contributed by atoms with van der Waals surface area (Å²) in [6, 6.07) is 12.4. The molecule has 2 fully saturated rings. The normalized spacial score (nSPS) is 18.3. The van der Waals surface area contributed by atoms with Crippen LogP contribution >= 0.6 is 0 Å². The van der Waals surface area contributed by atoms with E-state index in [0.717, 1.165) is 56.8 Å². The molecule has 3 aromatic rings. The summed E-state index contributed by atoms with van der Waals surface area (Å²) in [6.07, 6.45) is 9.61. The highest BCUT2D eigenvalue weighted by Gasteiger charge is 2.38. The molecule has 1 aliphatic heterocycles. The van der Waals surface area contributed by atoms with Crippen molar-refractivity contribution in [3.63, 3.8) is 0 Å². The summed E-state index contributed by atoms with van der Waals surface area (Å²) >= 11 is 0. The molecule has 2 aromatic heterocycles. The van der Waals surface area contributed by atoms with Crippen molar-refractivity contribution in [1.29, 1.82) is 0 Å². The first kappa shape index (κ1) is 21.9. The highest BCUT2D eigenvalue weighted by Crippen LogP contribution is 2.44. The molecule has 7 heteroatoms. The van der Waals surface area contributed by atoms with Crippen molar-refractivity contribution in [2.45, 2.75) is 37.8 Å². The van der Waals surface area contributed by atoms with E-state index in [1.165, 1.54) is 17.7 Å². The van der Waals surface area contributed by atoms with E-state index >= 15 is 0 Å². The monoisotopic (exact) mass is 447 g/mol. The molecule has 0 N–H and O–H groups in total. The van der Waals surface area contributed by atoms with Crippen molar-refractivity contribution in [2.75, 3.05) is 45.2 Å². The zero-order valence-corrected chi connectivity index (χ0v) is 19.6. The number of anilines is 1. The summed E-state index contributed by atoms with van der Waals surface area (Å²) in [7, 11) is 3.95. The molecule has 1 aromatic carbocycles. The second-order valence-electron chi connectivity index (χ2n) is 9.25. The van der Waals surface area contributed by atoms with Crippen LogP contribution in [0.3, 0.4) is 0 Å². The van der Waals surface area contributed by atoms with Gasteiger partial charge in [0.05, 0.1) is 22.7 Å². The summed E-state index contributed by atoms with van der Waals surface area (Å²) < 4.78 is 9.27. The number of rotatable bonds is 7. The van der Waals surface area contributed by atoms with Crippen molar-refractivity contribution < 1.29 is 4.74 Å². The van der Waals surface area contributed by atoms with E-state index in [9.17, 15) is 4.79 Å². The van der Waals surface area contributed by atoms with E-state index in [1.54, 1.807) is 16.2 Å². The Morgan fingerprint density at radius 1 is 1.03 bits per heavy atom. The number of likely N-dealkylation sites (N-methyl/N-ethyl adjacent to an activating group) is 1. The molecule has 0 unspecified atom stereocenters. The molecule has 1 aliphatic carbocycles. The van der Waals surface area contributed by atoms with Crippen molar-refractivity contribution >= 4 is 5.69 Å². The minimum Gasteiger partial charge on any atom is -0.374 e.